The number of aromatic nitrogens is 2. The predicted octanol–water partition coefficient (Wildman–Crippen LogP) is 9.02. The van der Waals surface area contributed by atoms with Gasteiger partial charge in [0.05, 0.1) is 17.2 Å². The molecule has 8 bridgehead atoms. The third-order valence-corrected chi connectivity index (χ3v) is 10.6. The first-order valence-corrected chi connectivity index (χ1v) is 16.5. The van der Waals surface area contributed by atoms with Gasteiger partial charge in [0.1, 0.15) is 23.3 Å². The van der Waals surface area contributed by atoms with Crippen LogP contribution in [0.3, 0.4) is 0 Å². The fourth-order valence-electron chi connectivity index (χ4n) is 7.57. The fraction of sp³-hybridized carbons (Fsp3) is 0.611. The van der Waals surface area contributed by atoms with Gasteiger partial charge in [-0.1, -0.05) is 58.4 Å². The number of halogens is 3. The van der Waals surface area contributed by atoms with Crippen molar-refractivity contribution in [3.8, 4) is 0 Å². The van der Waals surface area contributed by atoms with Crippen molar-refractivity contribution in [2.45, 2.75) is 97.9 Å². The van der Waals surface area contributed by atoms with Crippen molar-refractivity contribution in [3.63, 3.8) is 0 Å². The molecule has 5 nitrogen and oxygen atoms in total. The molecule has 2 aromatic rings. The van der Waals surface area contributed by atoms with Crippen LogP contribution >= 0.6 is 0 Å². The van der Waals surface area contributed by atoms with E-state index in [1.54, 1.807) is 12.1 Å². The van der Waals surface area contributed by atoms with Gasteiger partial charge in [-0.2, -0.15) is 0 Å². The van der Waals surface area contributed by atoms with Gasteiger partial charge in [-0.15, -0.1) is 0 Å². The molecule has 1 N–H and O–H groups in total. The smallest absolute Gasteiger partial charge is 0.278 e. The lowest BCUT2D eigenvalue weighted by atomic mass is 9.82. The molecule has 8 heteroatoms. The van der Waals surface area contributed by atoms with E-state index in [9.17, 15) is 0 Å². The van der Waals surface area contributed by atoms with Crippen LogP contribution in [0.1, 0.15) is 108 Å². The summed E-state index contributed by atoms with van der Waals surface area (Å²) < 4.78 is 48.1. The van der Waals surface area contributed by atoms with E-state index in [4.69, 9.17) is 9.97 Å². The molecule has 1 aromatic carbocycles. The van der Waals surface area contributed by atoms with Gasteiger partial charge >= 0.3 is 0 Å². The normalized spacial score (nSPS) is 28.0. The summed E-state index contributed by atoms with van der Waals surface area (Å²) in [4.78, 5) is 14.2. The lowest BCUT2D eigenvalue weighted by Crippen LogP contribution is -2.43. The monoisotopic (exact) mass is 607 g/mol. The van der Waals surface area contributed by atoms with Crippen LogP contribution in [0.5, 0.6) is 0 Å². The van der Waals surface area contributed by atoms with E-state index in [0.29, 0.717) is 37.6 Å². The third-order valence-electron chi connectivity index (χ3n) is 10.6. The number of hydrogen-bond acceptors (Lipinski definition) is 5. The van der Waals surface area contributed by atoms with Crippen molar-refractivity contribution in [3.05, 3.63) is 64.4 Å². The van der Waals surface area contributed by atoms with Gasteiger partial charge in [0.15, 0.2) is 0 Å². The highest BCUT2D eigenvalue weighted by Gasteiger charge is 2.46. The summed E-state index contributed by atoms with van der Waals surface area (Å²) in [7, 11) is 0. The van der Waals surface area contributed by atoms with Gasteiger partial charge in [0.2, 0.25) is 0 Å². The molecule has 2 fully saturated rings. The molecule has 5 heterocycles. The molecule has 1 atom stereocenters. The van der Waals surface area contributed by atoms with Crippen LogP contribution in [-0.4, -0.2) is 41.0 Å². The Bertz CT molecular complexity index is 1450. The van der Waals surface area contributed by atoms with Crippen molar-refractivity contribution < 1.29 is 13.2 Å². The molecule has 0 spiro atoms. The maximum absolute atomic E-state index is 16.1. The minimum absolute atomic E-state index is 0.0673. The first-order valence-electron chi connectivity index (χ1n) is 16.5. The number of alkyl halides is 2. The van der Waals surface area contributed by atoms with Crippen LogP contribution < -0.4 is 10.2 Å². The molecule has 4 aliphatic heterocycles. The molecular formula is C36H48F3N5. The second-order valence-corrected chi connectivity index (χ2v) is 14.8. The summed E-state index contributed by atoms with van der Waals surface area (Å²) in [6.45, 7) is 18.0. The van der Waals surface area contributed by atoms with E-state index in [1.807, 2.05) is 13.8 Å². The molecule has 44 heavy (non-hydrogen) atoms. The Kier molecular flexibility index (Phi) is 8.13. The number of aryl methyl sites for hydroxylation is 1. The SMILES string of the molecule is C=C1C(C2(C)CC2)=Cc2c3nc(C)nc2N1CCCCCC(C)(C)CN1CCC(CC1)C(F)(F)c1cccc(c1F)[C@@H](C)N3. The molecule has 1 aliphatic carbocycles. The first kappa shape index (κ1) is 31.1. The van der Waals surface area contributed by atoms with Crippen molar-refractivity contribution in [2.24, 2.45) is 16.7 Å². The maximum Gasteiger partial charge on any atom is 0.278 e. The zero-order chi connectivity index (χ0) is 31.4. The van der Waals surface area contributed by atoms with Crippen molar-refractivity contribution in [1.82, 2.24) is 14.9 Å². The molecule has 5 aliphatic rings. The molecule has 1 saturated heterocycles. The van der Waals surface area contributed by atoms with E-state index in [-0.39, 0.29) is 16.4 Å². The summed E-state index contributed by atoms with van der Waals surface area (Å²) in [5.41, 5.74) is 2.93. The van der Waals surface area contributed by atoms with Crippen molar-refractivity contribution in [2.75, 3.05) is 36.4 Å². The number of fused-ring (bicyclic) bond motifs is 9. The largest absolute Gasteiger partial charge is 0.363 e. The van der Waals surface area contributed by atoms with E-state index < -0.39 is 29.3 Å². The van der Waals surface area contributed by atoms with E-state index in [2.05, 4.69) is 48.5 Å². The number of rotatable bonds is 1. The Hall–Kier alpha value is -2.87. The third kappa shape index (κ3) is 5.91. The minimum Gasteiger partial charge on any atom is -0.363 e. The molecule has 0 radical (unpaired) electrons. The van der Waals surface area contributed by atoms with Gasteiger partial charge in [0, 0.05) is 30.3 Å². The second-order valence-electron chi connectivity index (χ2n) is 14.8. The minimum atomic E-state index is -3.25. The van der Waals surface area contributed by atoms with E-state index >= 15 is 13.2 Å². The van der Waals surface area contributed by atoms with Crippen LogP contribution in [0.2, 0.25) is 0 Å². The first-order chi connectivity index (χ1) is 20.8. The highest BCUT2D eigenvalue weighted by atomic mass is 19.3. The van der Waals surface area contributed by atoms with Gasteiger partial charge in [-0.05, 0) is 87.9 Å². The molecule has 1 saturated carbocycles. The molecule has 0 unspecified atom stereocenters. The van der Waals surface area contributed by atoms with Crippen molar-refractivity contribution in [1.29, 1.82) is 0 Å². The Morgan fingerprint density at radius 3 is 2.41 bits per heavy atom. The van der Waals surface area contributed by atoms with Crippen LogP contribution in [0.4, 0.5) is 24.8 Å². The number of piperidine rings is 1. The van der Waals surface area contributed by atoms with Crippen LogP contribution in [0, 0.1) is 29.5 Å². The quantitative estimate of drug-likeness (QED) is 0.351. The number of benzene rings is 1. The average Bonchev–Trinajstić information content (AvgIpc) is 3.71. The predicted molar refractivity (Wildman–Crippen MR) is 172 cm³/mol. The van der Waals surface area contributed by atoms with Crippen LogP contribution in [0.25, 0.3) is 6.08 Å². The zero-order valence-corrected chi connectivity index (χ0v) is 27.1. The summed E-state index contributed by atoms with van der Waals surface area (Å²) >= 11 is 0. The van der Waals surface area contributed by atoms with Crippen molar-refractivity contribution >= 4 is 17.7 Å². The zero-order valence-electron chi connectivity index (χ0n) is 27.1. The Morgan fingerprint density at radius 1 is 0.977 bits per heavy atom. The summed E-state index contributed by atoms with van der Waals surface area (Å²) in [5, 5.41) is 3.41. The number of allylic oxidation sites excluding steroid dienone is 1. The Morgan fingerprint density at radius 2 is 1.70 bits per heavy atom. The summed E-state index contributed by atoms with van der Waals surface area (Å²) in [6.07, 6.45) is 9.37. The molecule has 238 valence electrons. The van der Waals surface area contributed by atoms with Gasteiger partial charge in [-0.25, -0.2) is 23.1 Å². The molecule has 7 rings (SSSR count). The molecule has 0 amide bonds. The number of anilines is 2. The maximum atomic E-state index is 16.1. The van der Waals surface area contributed by atoms with Gasteiger partial charge in [-0.3, -0.25) is 0 Å². The standard InChI is InChI=1S/C36H48F3N5/c1-23-27-11-10-12-29(31(27)37)36(38,39)26-13-19-43(20-14-26)22-34(4,5)15-8-7-9-18-44-24(2)30(35(6)16-17-35)21-28-32(40-23)41-25(3)42-33(28)44/h10-12,21,23,26H,2,7-9,13-20,22H2,1,3-6H3,(H,40,41,42)/t23-/m1/s1. The summed E-state index contributed by atoms with van der Waals surface area (Å²) in [5.74, 6) is -2.96. The Balaban J connectivity index is 1.41. The second kappa shape index (κ2) is 11.5. The lowest BCUT2D eigenvalue weighted by molar-refractivity contribution is -0.0898. The number of hydrogen-bond donors (Lipinski definition) is 1. The molecule has 1 aromatic heterocycles. The summed E-state index contributed by atoms with van der Waals surface area (Å²) in [6, 6.07) is 3.84. The van der Waals surface area contributed by atoms with Crippen LogP contribution in [-0.2, 0) is 5.92 Å². The average molecular weight is 608 g/mol. The lowest BCUT2D eigenvalue weighted by Gasteiger charge is -2.39. The number of nitrogens with zero attached hydrogens (tertiary/aromatic N) is 4. The van der Waals surface area contributed by atoms with Gasteiger partial charge in [0.25, 0.3) is 5.92 Å². The van der Waals surface area contributed by atoms with E-state index in [0.717, 1.165) is 68.7 Å². The highest BCUT2D eigenvalue weighted by Crippen LogP contribution is 2.57. The fourth-order valence-corrected chi connectivity index (χ4v) is 7.57. The van der Waals surface area contributed by atoms with Crippen LogP contribution in [0.15, 0.2) is 36.0 Å². The topological polar surface area (TPSA) is 44.3 Å². The van der Waals surface area contributed by atoms with Gasteiger partial charge < -0.3 is 15.1 Å². The Labute approximate surface area is 261 Å². The van der Waals surface area contributed by atoms with E-state index in [1.165, 1.54) is 11.6 Å². The highest BCUT2D eigenvalue weighted by molar-refractivity contribution is 5.84. The molecular weight excluding hydrogens is 559 g/mol. The number of nitrogens with one attached hydrogen (secondary N) is 1.